The lowest BCUT2D eigenvalue weighted by atomic mass is 10.2. The summed E-state index contributed by atoms with van der Waals surface area (Å²) in [5.41, 5.74) is 3.62. The molecule has 2 aromatic rings. The number of allylic oxidation sites excluding steroid dienone is 1. The molecule has 0 saturated heterocycles. The molecule has 0 saturated carbocycles. The number of benzene rings is 1. The molecule has 0 aliphatic rings. The van der Waals surface area contributed by atoms with Crippen molar-refractivity contribution in [3.05, 3.63) is 36.3 Å². The Bertz CT molecular complexity index is 585. The zero-order valence-corrected chi connectivity index (χ0v) is 10.4. The van der Waals surface area contributed by atoms with Gasteiger partial charge >= 0.3 is 6.03 Å². The molecule has 0 unspecified atom stereocenters. The molecule has 0 spiro atoms. The molecule has 0 fully saturated rings. The molecular weight excluding hydrogens is 228 g/mol. The first-order chi connectivity index (χ1) is 8.69. The average Bonchev–Trinajstić information content (AvgIpc) is 2.83. The first-order valence-corrected chi connectivity index (χ1v) is 5.85. The number of urea groups is 1. The van der Waals surface area contributed by atoms with E-state index in [9.17, 15) is 4.79 Å². The van der Waals surface area contributed by atoms with Crippen LogP contribution in [0, 0.1) is 0 Å². The van der Waals surface area contributed by atoms with Crippen LogP contribution in [-0.4, -0.2) is 16.0 Å². The van der Waals surface area contributed by atoms with E-state index in [-0.39, 0.29) is 6.03 Å². The molecule has 1 aromatic heterocycles. The highest BCUT2D eigenvalue weighted by atomic mass is 16.2. The highest BCUT2D eigenvalue weighted by Gasteiger charge is 2.02. The van der Waals surface area contributed by atoms with E-state index >= 15 is 0 Å². The molecule has 0 aliphatic carbocycles. The number of imidazole rings is 1. The number of aromatic nitrogens is 2. The summed E-state index contributed by atoms with van der Waals surface area (Å²) in [6.07, 6.45) is 4.26. The maximum absolute atomic E-state index is 11.6. The van der Waals surface area contributed by atoms with E-state index in [1.165, 1.54) is 0 Å². The minimum atomic E-state index is -0.248. The van der Waals surface area contributed by atoms with Crippen molar-refractivity contribution in [2.45, 2.75) is 20.3 Å². The van der Waals surface area contributed by atoms with Crippen LogP contribution in [0.5, 0.6) is 0 Å². The van der Waals surface area contributed by atoms with Crippen LogP contribution < -0.4 is 10.6 Å². The number of aromatic amines is 1. The van der Waals surface area contributed by atoms with Gasteiger partial charge in [-0.2, -0.15) is 0 Å². The van der Waals surface area contributed by atoms with Crippen LogP contribution >= 0.6 is 0 Å². The maximum Gasteiger partial charge on any atom is 0.323 e. The Hall–Kier alpha value is -2.30. The minimum Gasteiger partial charge on any atom is -0.345 e. The Morgan fingerprint density at radius 1 is 1.50 bits per heavy atom. The van der Waals surface area contributed by atoms with E-state index in [2.05, 4.69) is 20.6 Å². The van der Waals surface area contributed by atoms with Gasteiger partial charge < -0.3 is 15.6 Å². The van der Waals surface area contributed by atoms with Gasteiger partial charge in [0.1, 0.15) is 0 Å². The fourth-order valence-electron chi connectivity index (χ4n) is 1.47. The van der Waals surface area contributed by atoms with Gasteiger partial charge in [-0.25, -0.2) is 9.78 Å². The van der Waals surface area contributed by atoms with Gasteiger partial charge in [-0.1, -0.05) is 12.5 Å². The van der Waals surface area contributed by atoms with E-state index in [0.29, 0.717) is 0 Å². The third kappa shape index (κ3) is 2.88. The molecule has 5 heteroatoms. The number of H-pyrrole nitrogens is 1. The standard InChI is InChI=1S/C13H16N4O/c1-3-9(2)7-14-13(18)17-10-4-5-11-12(6-10)16-8-15-11/h4-8H,3H2,1-2H3,(H,15,16)(H2,14,17,18)/b9-7+. The summed E-state index contributed by atoms with van der Waals surface area (Å²) in [5.74, 6) is 0. The fraction of sp³-hybridized carbons (Fsp3) is 0.231. The summed E-state index contributed by atoms with van der Waals surface area (Å²) >= 11 is 0. The normalized spacial score (nSPS) is 11.6. The van der Waals surface area contributed by atoms with Gasteiger partial charge in [0.05, 0.1) is 17.4 Å². The van der Waals surface area contributed by atoms with Crippen molar-refractivity contribution in [3.63, 3.8) is 0 Å². The van der Waals surface area contributed by atoms with Crippen LogP contribution in [0.15, 0.2) is 36.3 Å². The van der Waals surface area contributed by atoms with Crippen LogP contribution in [0.2, 0.25) is 0 Å². The molecule has 1 aromatic carbocycles. The number of amides is 2. The van der Waals surface area contributed by atoms with Gasteiger partial charge in [-0.3, -0.25) is 0 Å². The SMILES string of the molecule is CC/C(C)=C/NC(=O)Nc1ccc2nc[nH]c2c1. The summed E-state index contributed by atoms with van der Waals surface area (Å²) in [4.78, 5) is 18.7. The first kappa shape index (κ1) is 12.2. The summed E-state index contributed by atoms with van der Waals surface area (Å²) in [7, 11) is 0. The first-order valence-electron chi connectivity index (χ1n) is 5.85. The Balaban J connectivity index is 2.02. The molecule has 3 N–H and O–H groups in total. The lowest BCUT2D eigenvalue weighted by molar-refractivity contribution is 0.255. The highest BCUT2D eigenvalue weighted by molar-refractivity contribution is 5.92. The Morgan fingerprint density at radius 3 is 3.11 bits per heavy atom. The number of nitrogens with one attached hydrogen (secondary N) is 3. The Morgan fingerprint density at radius 2 is 2.33 bits per heavy atom. The second-order valence-corrected chi connectivity index (χ2v) is 4.08. The number of hydrogen-bond acceptors (Lipinski definition) is 2. The van der Waals surface area contributed by atoms with Crippen molar-refractivity contribution >= 4 is 22.8 Å². The predicted octanol–water partition coefficient (Wildman–Crippen LogP) is 3.00. The number of hydrogen-bond donors (Lipinski definition) is 3. The van der Waals surface area contributed by atoms with Gasteiger partial charge in [0.25, 0.3) is 0 Å². The average molecular weight is 244 g/mol. The maximum atomic E-state index is 11.6. The smallest absolute Gasteiger partial charge is 0.323 e. The van der Waals surface area contributed by atoms with Crippen molar-refractivity contribution < 1.29 is 4.79 Å². The summed E-state index contributed by atoms with van der Waals surface area (Å²) < 4.78 is 0. The molecule has 2 rings (SSSR count). The van der Waals surface area contributed by atoms with Crippen LogP contribution in [0.3, 0.4) is 0 Å². The molecule has 18 heavy (non-hydrogen) atoms. The predicted molar refractivity (Wildman–Crippen MR) is 72.3 cm³/mol. The van der Waals surface area contributed by atoms with Gasteiger partial charge in [0.15, 0.2) is 0 Å². The van der Waals surface area contributed by atoms with Gasteiger partial charge in [0, 0.05) is 11.9 Å². The van der Waals surface area contributed by atoms with E-state index < -0.39 is 0 Å². The number of fused-ring (bicyclic) bond motifs is 1. The van der Waals surface area contributed by atoms with E-state index in [0.717, 1.165) is 28.7 Å². The molecular formula is C13H16N4O. The Kier molecular flexibility index (Phi) is 3.62. The number of anilines is 1. The van der Waals surface area contributed by atoms with Gasteiger partial charge in [-0.15, -0.1) is 0 Å². The molecule has 0 aliphatic heterocycles. The number of rotatable bonds is 3. The zero-order valence-electron chi connectivity index (χ0n) is 10.4. The minimum absolute atomic E-state index is 0.248. The lowest BCUT2D eigenvalue weighted by Crippen LogP contribution is -2.24. The van der Waals surface area contributed by atoms with Crippen LogP contribution in [0.4, 0.5) is 10.5 Å². The van der Waals surface area contributed by atoms with Crippen LogP contribution in [0.1, 0.15) is 20.3 Å². The lowest BCUT2D eigenvalue weighted by Gasteiger charge is -2.05. The van der Waals surface area contributed by atoms with E-state index in [1.807, 2.05) is 32.0 Å². The van der Waals surface area contributed by atoms with Crippen LogP contribution in [-0.2, 0) is 0 Å². The van der Waals surface area contributed by atoms with Crippen LogP contribution in [0.25, 0.3) is 11.0 Å². The van der Waals surface area contributed by atoms with Gasteiger partial charge in [-0.05, 0) is 31.5 Å². The number of carbonyl (C=O) groups excluding carboxylic acids is 1. The second-order valence-electron chi connectivity index (χ2n) is 4.08. The molecule has 5 nitrogen and oxygen atoms in total. The largest absolute Gasteiger partial charge is 0.345 e. The van der Waals surface area contributed by atoms with E-state index in [4.69, 9.17) is 0 Å². The van der Waals surface area contributed by atoms with Crippen molar-refractivity contribution in [1.29, 1.82) is 0 Å². The monoisotopic (exact) mass is 244 g/mol. The Labute approximate surface area is 105 Å². The molecule has 94 valence electrons. The van der Waals surface area contributed by atoms with Crippen molar-refractivity contribution in [3.8, 4) is 0 Å². The van der Waals surface area contributed by atoms with E-state index in [1.54, 1.807) is 12.5 Å². The summed E-state index contributed by atoms with van der Waals surface area (Å²) in [5, 5.41) is 5.45. The van der Waals surface area contributed by atoms with Crippen molar-refractivity contribution in [2.24, 2.45) is 0 Å². The molecule has 1 heterocycles. The summed E-state index contributed by atoms with van der Waals surface area (Å²) in [6.45, 7) is 4.01. The molecule has 0 radical (unpaired) electrons. The summed E-state index contributed by atoms with van der Waals surface area (Å²) in [6, 6.07) is 5.27. The molecule has 0 bridgehead atoms. The topological polar surface area (TPSA) is 69.8 Å². The second kappa shape index (κ2) is 5.35. The van der Waals surface area contributed by atoms with Crippen molar-refractivity contribution in [2.75, 3.05) is 5.32 Å². The van der Waals surface area contributed by atoms with Crippen molar-refractivity contribution in [1.82, 2.24) is 15.3 Å². The number of carbonyl (C=O) groups is 1. The zero-order chi connectivity index (χ0) is 13.0. The fourth-order valence-corrected chi connectivity index (χ4v) is 1.47. The van der Waals surface area contributed by atoms with Gasteiger partial charge in [0.2, 0.25) is 0 Å². The quantitative estimate of drug-likeness (QED) is 0.776. The molecule has 2 amide bonds. The third-order valence-electron chi connectivity index (χ3n) is 2.69. The molecule has 0 atom stereocenters. The third-order valence-corrected chi connectivity index (χ3v) is 2.69. The highest BCUT2D eigenvalue weighted by Crippen LogP contribution is 2.15. The number of nitrogens with zero attached hydrogens (tertiary/aromatic N) is 1.